The highest BCUT2D eigenvalue weighted by Crippen LogP contribution is 2.26. The molecule has 1 heterocycles. The summed E-state index contributed by atoms with van der Waals surface area (Å²) in [5, 5.41) is 3.44. The molecule has 1 aliphatic heterocycles. The van der Waals surface area contributed by atoms with E-state index in [0.717, 1.165) is 19.6 Å². The molecule has 0 aromatic rings. The van der Waals surface area contributed by atoms with Crippen molar-refractivity contribution < 1.29 is 0 Å². The van der Waals surface area contributed by atoms with E-state index in [1.54, 1.807) is 0 Å². The Hall–Kier alpha value is 0.270. The SMILES string of the molecule is CCN(S)CC1(C)CCCNC1. The molecule has 0 amide bonds. The molecule has 0 spiro atoms. The number of hydrogen-bond acceptors (Lipinski definition) is 3. The van der Waals surface area contributed by atoms with Gasteiger partial charge in [-0.25, -0.2) is 0 Å². The first-order chi connectivity index (χ1) is 5.66. The van der Waals surface area contributed by atoms with Gasteiger partial charge in [-0.3, -0.25) is 4.31 Å². The second-order valence-electron chi connectivity index (χ2n) is 4.07. The van der Waals surface area contributed by atoms with Crippen LogP contribution in [0.5, 0.6) is 0 Å². The van der Waals surface area contributed by atoms with Gasteiger partial charge in [0.05, 0.1) is 0 Å². The summed E-state index contributed by atoms with van der Waals surface area (Å²) in [6.45, 7) is 8.95. The third-order valence-corrected chi connectivity index (χ3v) is 3.04. The second-order valence-corrected chi connectivity index (χ2v) is 4.64. The summed E-state index contributed by atoms with van der Waals surface area (Å²) in [6.07, 6.45) is 2.64. The molecule has 1 N–H and O–H groups in total. The number of hydrogen-bond donors (Lipinski definition) is 2. The van der Waals surface area contributed by atoms with Gasteiger partial charge in [0.25, 0.3) is 0 Å². The van der Waals surface area contributed by atoms with E-state index >= 15 is 0 Å². The zero-order chi connectivity index (χ0) is 9.03. The molecule has 0 saturated carbocycles. The van der Waals surface area contributed by atoms with Gasteiger partial charge in [0, 0.05) is 19.6 Å². The maximum Gasteiger partial charge on any atom is 0.0153 e. The number of rotatable bonds is 3. The molecule has 0 radical (unpaired) electrons. The van der Waals surface area contributed by atoms with Crippen LogP contribution >= 0.6 is 12.8 Å². The highest BCUT2D eigenvalue weighted by Gasteiger charge is 2.27. The molecular formula is C9H20N2S. The van der Waals surface area contributed by atoms with Crippen molar-refractivity contribution in [3.8, 4) is 0 Å². The average Bonchev–Trinajstić information content (AvgIpc) is 2.05. The van der Waals surface area contributed by atoms with Crippen molar-refractivity contribution in [2.24, 2.45) is 5.41 Å². The summed E-state index contributed by atoms with van der Waals surface area (Å²) >= 11 is 4.40. The van der Waals surface area contributed by atoms with Gasteiger partial charge in [-0.05, 0) is 24.8 Å². The first-order valence-electron chi connectivity index (χ1n) is 4.81. The van der Waals surface area contributed by atoms with Crippen LogP contribution in [0.4, 0.5) is 0 Å². The van der Waals surface area contributed by atoms with Crippen LogP contribution in [0.1, 0.15) is 26.7 Å². The number of nitrogens with one attached hydrogen (secondary N) is 1. The molecule has 0 aromatic heterocycles. The lowest BCUT2D eigenvalue weighted by molar-refractivity contribution is 0.194. The lowest BCUT2D eigenvalue weighted by atomic mass is 9.83. The highest BCUT2D eigenvalue weighted by molar-refractivity contribution is 7.77. The minimum absolute atomic E-state index is 0.440. The van der Waals surface area contributed by atoms with Gasteiger partial charge in [-0.2, -0.15) is 0 Å². The number of nitrogens with zero attached hydrogens (tertiary/aromatic N) is 1. The Bertz CT molecular complexity index is 132. The van der Waals surface area contributed by atoms with E-state index in [1.807, 2.05) is 0 Å². The molecular weight excluding hydrogens is 168 g/mol. The third kappa shape index (κ3) is 2.96. The van der Waals surface area contributed by atoms with E-state index in [-0.39, 0.29) is 0 Å². The molecule has 3 heteroatoms. The fraction of sp³-hybridized carbons (Fsp3) is 1.00. The van der Waals surface area contributed by atoms with Crippen molar-refractivity contribution in [1.29, 1.82) is 0 Å². The van der Waals surface area contributed by atoms with Crippen molar-refractivity contribution in [3.63, 3.8) is 0 Å². The molecule has 0 bridgehead atoms. The van der Waals surface area contributed by atoms with Crippen LogP contribution in [0, 0.1) is 5.41 Å². The maximum absolute atomic E-state index is 4.40. The van der Waals surface area contributed by atoms with Gasteiger partial charge in [0.1, 0.15) is 0 Å². The Morgan fingerprint density at radius 3 is 2.83 bits per heavy atom. The highest BCUT2D eigenvalue weighted by atomic mass is 32.1. The van der Waals surface area contributed by atoms with E-state index in [1.165, 1.54) is 19.4 Å². The first-order valence-corrected chi connectivity index (χ1v) is 5.21. The van der Waals surface area contributed by atoms with Crippen molar-refractivity contribution in [1.82, 2.24) is 9.62 Å². The Labute approximate surface area is 81.3 Å². The van der Waals surface area contributed by atoms with Crippen molar-refractivity contribution in [2.45, 2.75) is 26.7 Å². The molecule has 0 aromatic carbocycles. The van der Waals surface area contributed by atoms with Crippen LogP contribution in [0.2, 0.25) is 0 Å². The van der Waals surface area contributed by atoms with E-state index in [4.69, 9.17) is 0 Å². The second kappa shape index (κ2) is 4.49. The molecule has 1 rings (SSSR count). The van der Waals surface area contributed by atoms with Crippen molar-refractivity contribution in [2.75, 3.05) is 26.2 Å². The zero-order valence-corrected chi connectivity index (χ0v) is 9.03. The molecule has 1 unspecified atom stereocenters. The largest absolute Gasteiger partial charge is 0.316 e. The van der Waals surface area contributed by atoms with Crippen molar-refractivity contribution >= 4 is 12.8 Å². The summed E-state index contributed by atoms with van der Waals surface area (Å²) in [7, 11) is 0. The molecule has 2 nitrogen and oxygen atoms in total. The topological polar surface area (TPSA) is 15.3 Å². The molecule has 1 fully saturated rings. The standard InChI is InChI=1S/C9H20N2S/c1-3-11(12)8-9(2)5-4-6-10-7-9/h10,12H,3-8H2,1-2H3. The summed E-state index contributed by atoms with van der Waals surface area (Å²) in [4.78, 5) is 0. The number of piperidine rings is 1. The third-order valence-electron chi connectivity index (χ3n) is 2.61. The van der Waals surface area contributed by atoms with E-state index in [9.17, 15) is 0 Å². The molecule has 72 valence electrons. The lowest BCUT2D eigenvalue weighted by Gasteiger charge is -2.36. The van der Waals surface area contributed by atoms with Gasteiger partial charge in [0.15, 0.2) is 0 Å². The summed E-state index contributed by atoms with van der Waals surface area (Å²) in [5.74, 6) is 0. The van der Waals surface area contributed by atoms with Crippen molar-refractivity contribution in [3.05, 3.63) is 0 Å². The predicted octanol–water partition coefficient (Wildman–Crippen LogP) is 1.54. The van der Waals surface area contributed by atoms with Crippen LogP contribution < -0.4 is 5.32 Å². The molecule has 12 heavy (non-hydrogen) atoms. The van der Waals surface area contributed by atoms with E-state index in [2.05, 4.69) is 36.3 Å². The van der Waals surface area contributed by atoms with Crippen LogP contribution in [0.25, 0.3) is 0 Å². The summed E-state index contributed by atoms with van der Waals surface area (Å²) < 4.78 is 2.10. The molecule has 1 atom stereocenters. The smallest absolute Gasteiger partial charge is 0.0153 e. The fourth-order valence-electron chi connectivity index (χ4n) is 1.81. The van der Waals surface area contributed by atoms with Crippen LogP contribution in [0.15, 0.2) is 0 Å². The minimum Gasteiger partial charge on any atom is -0.316 e. The monoisotopic (exact) mass is 188 g/mol. The van der Waals surface area contributed by atoms with E-state index in [0.29, 0.717) is 5.41 Å². The maximum atomic E-state index is 4.40. The van der Waals surface area contributed by atoms with E-state index < -0.39 is 0 Å². The fourth-order valence-corrected chi connectivity index (χ4v) is 2.15. The quantitative estimate of drug-likeness (QED) is 0.653. The zero-order valence-electron chi connectivity index (χ0n) is 8.14. The van der Waals surface area contributed by atoms with Gasteiger partial charge < -0.3 is 5.32 Å². The summed E-state index contributed by atoms with van der Waals surface area (Å²) in [6, 6.07) is 0. The molecule has 0 aliphatic carbocycles. The van der Waals surface area contributed by atoms with Crippen LogP contribution in [-0.4, -0.2) is 30.5 Å². The first kappa shape index (κ1) is 10.4. The Balaban J connectivity index is 2.35. The van der Waals surface area contributed by atoms with Crippen LogP contribution in [-0.2, 0) is 0 Å². The van der Waals surface area contributed by atoms with Gasteiger partial charge >= 0.3 is 0 Å². The molecule has 1 aliphatic rings. The molecule has 1 saturated heterocycles. The minimum atomic E-state index is 0.440. The van der Waals surface area contributed by atoms with Gasteiger partial charge in [0.2, 0.25) is 0 Å². The normalized spacial score (nSPS) is 31.0. The van der Waals surface area contributed by atoms with Crippen LogP contribution in [0.3, 0.4) is 0 Å². The Kier molecular flexibility index (Phi) is 3.87. The number of thiol groups is 1. The average molecular weight is 188 g/mol. The summed E-state index contributed by atoms with van der Waals surface area (Å²) in [5.41, 5.74) is 0.440. The Morgan fingerprint density at radius 1 is 1.58 bits per heavy atom. The lowest BCUT2D eigenvalue weighted by Crippen LogP contribution is -2.43. The predicted molar refractivity (Wildman–Crippen MR) is 56.4 cm³/mol. The Morgan fingerprint density at radius 2 is 2.33 bits per heavy atom. The van der Waals surface area contributed by atoms with Gasteiger partial charge in [-0.1, -0.05) is 26.7 Å². The van der Waals surface area contributed by atoms with Gasteiger partial charge in [-0.15, -0.1) is 0 Å².